The fourth-order valence-electron chi connectivity index (χ4n) is 1.61. The summed E-state index contributed by atoms with van der Waals surface area (Å²) in [7, 11) is 1.71. The standard InChI is InChI=1S/C13H21NO2/c1-4-16-13-8-6-5-7-12(13)11(2)14-9-10-15-3/h5-8,11,14H,4,9-10H2,1-3H3. The third-order valence-electron chi connectivity index (χ3n) is 2.44. The van der Waals surface area contributed by atoms with Gasteiger partial charge in [-0.3, -0.25) is 0 Å². The van der Waals surface area contributed by atoms with Gasteiger partial charge in [-0.25, -0.2) is 0 Å². The van der Waals surface area contributed by atoms with E-state index in [1.807, 2.05) is 25.1 Å². The number of benzene rings is 1. The maximum atomic E-state index is 5.59. The van der Waals surface area contributed by atoms with Gasteiger partial charge in [0.15, 0.2) is 0 Å². The average Bonchev–Trinajstić information content (AvgIpc) is 2.30. The van der Waals surface area contributed by atoms with E-state index < -0.39 is 0 Å². The fraction of sp³-hybridized carbons (Fsp3) is 0.538. The quantitative estimate of drug-likeness (QED) is 0.720. The Morgan fingerprint density at radius 2 is 2.06 bits per heavy atom. The number of hydrogen-bond acceptors (Lipinski definition) is 3. The number of nitrogens with one attached hydrogen (secondary N) is 1. The Kier molecular flexibility index (Phi) is 5.90. The van der Waals surface area contributed by atoms with Crippen LogP contribution in [-0.4, -0.2) is 26.9 Å². The molecule has 0 aliphatic carbocycles. The molecular weight excluding hydrogens is 202 g/mol. The lowest BCUT2D eigenvalue weighted by Gasteiger charge is -2.17. The molecule has 3 nitrogen and oxygen atoms in total. The van der Waals surface area contributed by atoms with Gasteiger partial charge in [0, 0.05) is 25.3 Å². The maximum absolute atomic E-state index is 5.59. The minimum Gasteiger partial charge on any atom is -0.494 e. The first kappa shape index (κ1) is 13.0. The molecule has 1 aromatic rings. The van der Waals surface area contributed by atoms with E-state index in [4.69, 9.17) is 9.47 Å². The summed E-state index contributed by atoms with van der Waals surface area (Å²) in [6, 6.07) is 8.41. The molecule has 1 rings (SSSR count). The van der Waals surface area contributed by atoms with Crippen LogP contribution in [-0.2, 0) is 4.74 Å². The van der Waals surface area contributed by atoms with Crippen LogP contribution in [0.2, 0.25) is 0 Å². The molecule has 0 saturated carbocycles. The van der Waals surface area contributed by atoms with Gasteiger partial charge in [0.2, 0.25) is 0 Å². The molecule has 0 spiro atoms. The lowest BCUT2D eigenvalue weighted by atomic mass is 10.1. The molecule has 1 N–H and O–H groups in total. The third kappa shape index (κ3) is 3.83. The monoisotopic (exact) mass is 223 g/mol. The van der Waals surface area contributed by atoms with Crippen molar-refractivity contribution in [1.29, 1.82) is 0 Å². The molecule has 1 atom stereocenters. The first-order chi connectivity index (χ1) is 7.79. The van der Waals surface area contributed by atoms with Gasteiger partial charge in [-0.05, 0) is 19.9 Å². The molecule has 16 heavy (non-hydrogen) atoms. The molecule has 0 saturated heterocycles. The van der Waals surface area contributed by atoms with E-state index in [9.17, 15) is 0 Å². The van der Waals surface area contributed by atoms with Crippen LogP contribution in [0.4, 0.5) is 0 Å². The molecule has 3 heteroatoms. The summed E-state index contributed by atoms with van der Waals surface area (Å²) in [5.74, 6) is 0.961. The smallest absolute Gasteiger partial charge is 0.124 e. The second-order valence-corrected chi connectivity index (χ2v) is 3.64. The van der Waals surface area contributed by atoms with Crippen molar-refractivity contribution < 1.29 is 9.47 Å². The Morgan fingerprint density at radius 3 is 2.75 bits per heavy atom. The third-order valence-corrected chi connectivity index (χ3v) is 2.44. The van der Waals surface area contributed by atoms with Gasteiger partial charge in [-0.1, -0.05) is 18.2 Å². The van der Waals surface area contributed by atoms with Gasteiger partial charge >= 0.3 is 0 Å². The summed E-state index contributed by atoms with van der Waals surface area (Å²) < 4.78 is 10.6. The van der Waals surface area contributed by atoms with Crippen LogP contribution in [0.15, 0.2) is 24.3 Å². The summed E-state index contributed by atoms with van der Waals surface area (Å²) in [4.78, 5) is 0. The van der Waals surface area contributed by atoms with Crippen molar-refractivity contribution in [2.45, 2.75) is 19.9 Å². The van der Waals surface area contributed by atoms with Crippen molar-refractivity contribution >= 4 is 0 Å². The van der Waals surface area contributed by atoms with Gasteiger partial charge in [0.05, 0.1) is 13.2 Å². The molecule has 0 fully saturated rings. The minimum absolute atomic E-state index is 0.276. The lowest BCUT2D eigenvalue weighted by Crippen LogP contribution is -2.23. The van der Waals surface area contributed by atoms with E-state index in [1.54, 1.807) is 7.11 Å². The van der Waals surface area contributed by atoms with Crippen LogP contribution >= 0.6 is 0 Å². The molecule has 0 aliphatic rings. The van der Waals surface area contributed by atoms with Crippen LogP contribution in [0.5, 0.6) is 5.75 Å². The van der Waals surface area contributed by atoms with Crippen molar-refractivity contribution in [1.82, 2.24) is 5.32 Å². The summed E-state index contributed by atoms with van der Waals surface area (Å²) in [6.07, 6.45) is 0. The number of methoxy groups -OCH3 is 1. The van der Waals surface area contributed by atoms with E-state index in [-0.39, 0.29) is 6.04 Å². The number of para-hydroxylation sites is 1. The van der Waals surface area contributed by atoms with E-state index in [0.29, 0.717) is 6.61 Å². The lowest BCUT2D eigenvalue weighted by molar-refractivity contribution is 0.196. The summed E-state index contributed by atoms with van der Waals surface area (Å²) >= 11 is 0. The number of ether oxygens (including phenoxy) is 2. The van der Waals surface area contributed by atoms with Crippen LogP contribution in [0.25, 0.3) is 0 Å². The molecule has 0 heterocycles. The van der Waals surface area contributed by atoms with E-state index in [2.05, 4.69) is 18.3 Å². The molecule has 90 valence electrons. The normalized spacial score (nSPS) is 12.4. The highest BCUT2D eigenvalue weighted by Crippen LogP contribution is 2.24. The maximum Gasteiger partial charge on any atom is 0.124 e. The predicted octanol–water partition coefficient (Wildman–Crippen LogP) is 2.38. The molecule has 0 radical (unpaired) electrons. The Bertz CT molecular complexity index is 302. The Balaban J connectivity index is 2.62. The van der Waals surface area contributed by atoms with Crippen molar-refractivity contribution in [3.8, 4) is 5.75 Å². The van der Waals surface area contributed by atoms with E-state index >= 15 is 0 Å². The Labute approximate surface area is 97.8 Å². The molecule has 0 bridgehead atoms. The van der Waals surface area contributed by atoms with E-state index in [0.717, 1.165) is 18.9 Å². The highest BCUT2D eigenvalue weighted by atomic mass is 16.5. The average molecular weight is 223 g/mol. The molecular formula is C13H21NO2. The highest BCUT2D eigenvalue weighted by Gasteiger charge is 2.09. The Morgan fingerprint density at radius 1 is 1.31 bits per heavy atom. The van der Waals surface area contributed by atoms with Crippen molar-refractivity contribution in [2.24, 2.45) is 0 Å². The van der Waals surface area contributed by atoms with Gasteiger partial charge in [-0.15, -0.1) is 0 Å². The summed E-state index contributed by atoms with van der Waals surface area (Å²) in [6.45, 7) is 6.40. The first-order valence-corrected chi connectivity index (χ1v) is 5.73. The zero-order valence-corrected chi connectivity index (χ0v) is 10.3. The zero-order chi connectivity index (χ0) is 11.8. The second-order valence-electron chi connectivity index (χ2n) is 3.64. The van der Waals surface area contributed by atoms with Crippen molar-refractivity contribution in [3.05, 3.63) is 29.8 Å². The summed E-state index contributed by atoms with van der Waals surface area (Å²) in [5, 5.41) is 3.39. The van der Waals surface area contributed by atoms with Crippen LogP contribution in [0.3, 0.4) is 0 Å². The summed E-state index contributed by atoms with van der Waals surface area (Å²) in [5.41, 5.74) is 1.19. The van der Waals surface area contributed by atoms with Gasteiger partial charge < -0.3 is 14.8 Å². The van der Waals surface area contributed by atoms with Gasteiger partial charge in [0.1, 0.15) is 5.75 Å². The zero-order valence-electron chi connectivity index (χ0n) is 10.3. The number of hydrogen-bond donors (Lipinski definition) is 1. The molecule has 0 aromatic heterocycles. The highest BCUT2D eigenvalue weighted by molar-refractivity contribution is 5.35. The minimum atomic E-state index is 0.276. The van der Waals surface area contributed by atoms with Gasteiger partial charge in [-0.2, -0.15) is 0 Å². The molecule has 0 amide bonds. The second kappa shape index (κ2) is 7.25. The van der Waals surface area contributed by atoms with Crippen LogP contribution < -0.4 is 10.1 Å². The molecule has 1 unspecified atom stereocenters. The van der Waals surface area contributed by atoms with Gasteiger partial charge in [0.25, 0.3) is 0 Å². The van der Waals surface area contributed by atoms with Crippen molar-refractivity contribution in [2.75, 3.05) is 26.9 Å². The van der Waals surface area contributed by atoms with Crippen LogP contribution in [0.1, 0.15) is 25.5 Å². The number of rotatable bonds is 7. The molecule has 0 aliphatic heterocycles. The largest absolute Gasteiger partial charge is 0.494 e. The SMILES string of the molecule is CCOc1ccccc1C(C)NCCOC. The topological polar surface area (TPSA) is 30.5 Å². The first-order valence-electron chi connectivity index (χ1n) is 5.73. The predicted molar refractivity (Wildman–Crippen MR) is 65.9 cm³/mol. The Hall–Kier alpha value is -1.06. The van der Waals surface area contributed by atoms with Crippen molar-refractivity contribution in [3.63, 3.8) is 0 Å². The molecule has 1 aromatic carbocycles. The van der Waals surface area contributed by atoms with Crippen LogP contribution in [0, 0.1) is 0 Å². The fourth-order valence-corrected chi connectivity index (χ4v) is 1.61. The van der Waals surface area contributed by atoms with E-state index in [1.165, 1.54) is 5.56 Å².